The lowest BCUT2D eigenvalue weighted by atomic mass is 9.63. The molecule has 0 N–H and O–H groups in total. The van der Waals surface area contributed by atoms with Crippen LogP contribution in [0.3, 0.4) is 0 Å². The van der Waals surface area contributed by atoms with Crippen molar-refractivity contribution in [3.05, 3.63) is 12.7 Å². The first-order valence-corrected chi connectivity index (χ1v) is 5.98. The van der Waals surface area contributed by atoms with Crippen molar-refractivity contribution in [3.8, 4) is 0 Å². The average Bonchev–Trinajstić information content (AvgIpc) is 2.11. The summed E-state index contributed by atoms with van der Waals surface area (Å²) in [5, 5.41) is 0. The molecule has 84 valence electrons. The molecule has 0 heteroatoms. The monoisotopic (exact) mass is 196 g/mol. The van der Waals surface area contributed by atoms with Gasteiger partial charge < -0.3 is 0 Å². The van der Waals surface area contributed by atoms with Crippen molar-refractivity contribution in [1.29, 1.82) is 0 Å². The van der Waals surface area contributed by atoms with Crippen LogP contribution in [0.25, 0.3) is 0 Å². The minimum atomic E-state index is 0.427. The minimum Gasteiger partial charge on any atom is -0.103 e. The smallest absolute Gasteiger partial charge is 0.0300 e. The van der Waals surface area contributed by atoms with E-state index in [1.807, 2.05) is 6.08 Å². The fourth-order valence-corrected chi connectivity index (χ4v) is 1.76. The topological polar surface area (TPSA) is 0 Å². The number of allylic oxidation sites excluding steroid dienone is 1. The molecule has 0 radical (unpaired) electrons. The van der Waals surface area contributed by atoms with Gasteiger partial charge in [0.15, 0.2) is 0 Å². The lowest BCUT2D eigenvalue weighted by Gasteiger charge is -2.42. The second-order valence-corrected chi connectivity index (χ2v) is 5.70. The van der Waals surface area contributed by atoms with Gasteiger partial charge in [0.1, 0.15) is 0 Å². The second kappa shape index (κ2) is 5.58. The third kappa shape index (κ3) is 3.86. The van der Waals surface area contributed by atoms with Crippen LogP contribution >= 0.6 is 0 Å². The van der Waals surface area contributed by atoms with E-state index < -0.39 is 0 Å². The zero-order chi connectivity index (χ0) is 11.2. The maximum atomic E-state index is 3.81. The van der Waals surface area contributed by atoms with E-state index in [0.717, 1.165) is 6.42 Å². The molecule has 0 aromatic rings. The molecule has 0 aromatic carbocycles. The fraction of sp³-hybridized carbons (Fsp3) is 0.857. The Hall–Kier alpha value is -0.260. The first-order valence-electron chi connectivity index (χ1n) is 5.98. The molecule has 0 fully saturated rings. The molecule has 0 heterocycles. The highest BCUT2D eigenvalue weighted by Gasteiger charge is 2.35. The Labute approximate surface area is 90.8 Å². The molecule has 0 aliphatic carbocycles. The summed E-state index contributed by atoms with van der Waals surface area (Å²) in [6, 6.07) is 0. The summed E-state index contributed by atoms with van der Waals surface area (Å²) in [5.74, 6) is 0. The van der Waals surface area contributed by atoms with Gasteiger partial charge in [-0.15, -0.1) is 6.58 Å². The lowest BCUT2D eigenvalue weighted by Crippen LogP contribution is -2.32. The Kier molecular flexibility index (Phi) is 5.48. The Morgan fingerprint density at radius 1 is 1.00 bits per heavy atom. The third-order valence-electron chi connectivity index (χ3n) is 3.96. The van der Waals surface area contributed by atoms with Crippen LogP contribution in [-0.4, -0.2) is 0 Å². The van der Waals surface area contributed by atoms with E-state index in [1.54, 1.807) is 0 Å². The zero-order valence-electron chi connectivity index (χ0n) is 10.8. The lowest BCUT2D eigenvalue weighted by molar-refractivity contribution is 0.0865. The molecule has 0 saturated heterocycles. The van der Waals surface area contributed by atoms with Crippen LogP contribution in [0, 0.1) is 10.8 Å². The van der Waals surface area contributed by atoms with Crippen LogP contribution in [0.4, 0.5) is 0 Å². The number of unbranched alkanes of at least 4 members (excludes halogenated alkanes) is 1. The fourth-order valence-electron chi connectivity index (χ4n) is 1.76. The molecule has 0 saturated carbocycles. The Morgan fingerprint density at radius 3 is 1.93 bits per heavy atom. The van der Waals surface area contributed by atoms with Crippen LogP contribution in [0.1, 0.15) is 66.7 Å². The highest BCUT2D eigenvalue weighted by Crippen LogP contribution is 2.45. The van der Waals surface area contributed by atoms with Gasteiger partial charge in [-0.1, -0.05) is 53.5 Å². The quantitative estimate of drug-likeness (QED) is 0.491. The summed E-state index contributed by atoms with van der Waals surface area (Å²) in [5.41, 5.74) is 0.877. The molecule has 0 rings (SSSR count). The highest BCUT2D eigenvalue weighted by molar-refractivity contribution is 4.87. The van der Waals surface area contributed by atoms with E-state index in [9.17, 15) is 0 Å². The van der Waals surface area contributed by atoms with Crippen molar-refractivity contribution in [2.45, 2.75) is 66.7 Å². The van der Waals surface area contributed by atoms with Crippen molar-refractivity contribution in [2.24, 2.45) is 10.8 Å². The van der Waals surface area contributed by atoms with E-state index in [2.05, 4.69) is 41.2 Å². The zero-order valence-corrected chi connectivity index (χ0v) is 10.8. The summed E-state index contributed by atoms with van der Waals surface area (Å²) < 4.78 is 0. The van der Waals surface area contributed by atoms with Crippen molar-refractivity contribution in [1.82, 2.24) is 0 Å². The number of rotatable bonds is 7. The normalized spacial score (nSPS) is 12.9. The van der Waals surface area contributed by atoms with Gasteiger partial charge in [0.05, 0.1) is 0 Å². The van der Waals surface area contributed by atoms with Crippen LogP contribution in [-0.2, 0) is 0 Å². The molecule has 0 aliphatic heterocycles. The van der Waals surface area contributed by atoms with Gasteiger partial charge in [-0.25, -0.2) is 0 Å². The maximum Gasteiger partial charge on any atom is -0.0300 e. The Morgan fingerprint density at radius 2 is 1.50 bits per heavy atom. The Balaban J connectivity index is 4.27. The van der Waals surface area contributed by atoms with E-state index in [0.29, 0.717) is 10.8 Å². The standard InChI is InChI=1S/C14H28/c1-7-9-11-13(3,4)14(5,6)12-10-8-2/h7H,1,8-12H2,2-6H3. The summed E-state index contributed by atoms with van der Waals surface area (Å²) in [6.07, 6.45) is 8.44. The molecular formula is C14H28. The molecular weight excluding hydrogens is 168 g/mol. The van der Waals surface area contributed by atoms with Crippen LogP contribution in [0.5, 0.6) is 0 Å². The Bertz CT molecular complexity index is 163. The predicted molar refractivity (Wildman–Crippen MR) is 66.5 cm³/mol. The van der Waals surface area contributed by atoms with E-state index >= 15 is 0 Å². The minimum absolute atomic E-state index is 0.427. The average molecular weight is 196 g/mol. The second-order valence-electron chi connectivity index (χ2n) is 5.70. The van der Waals surface area contributed by atoms with Crippen LogP contribution < -0.4 is 0 Å². The summed E-state index contributed by atoms with van der Waals surface area (Å²) in [4.78, 5) is 0. The van der Waals surface area contributed by atoms with E-state index in [-0.39, 0.29) is 0 Å². The summed E-state index contributed by atoms with van der Waals surface area (Å²) in [7, 11) is 0. The maximum absolute atomic E-state index is 3.81. The van der Waals surface area contributed by atoms with Gasteiger partial charge in [-0.3, -0.25) is 0 Å². The predicted octanol–water partition coefficient (Wildman–Crippen LogP) is 5.20. The first-order chi connectivity index (χ1) is 6.37. The van der Waals surface area contributed by atoms with Gasteiger partial charge in [0, 0.05) is 0 Å². The third-order valence-corrected chi connectivity index (χ3v) is 3.96. The molecule has 0 unspecified atom stereocenters. The van der Waals surface area contributed by atoms with Crippen molar-refractivity contribution in [2.75, 3.05) is 0 Å². The molecule has 14 heavy (non-hydrogen) atoms. The summed E-state index contributed by atoms with van der Waals surface area (Å²) in [6.45, 7) is 15.7. The molecule has 0 nitrogen and oxygen atoms in total. The largest absolute Gasteiger partial charge is 0.103 e. The molecule has 0 bridgehead atoms. The van der Waals surface area contributed by atoms with Gasteiger partial charge in [0.25, 0.3) is 0 Å². The first kappa shape index (κ1) is 13.7. The molecule has 0 spiro atoms. The summed E-state index contributed by atoms with van der Waals surface area (Å²) >= 11 is 0. The van der Waals surface area contributed by atoms with Gasteiger partial charge >= 0.3 is 0 Å². The van der Waals surface area contributed by atoms with E-state index in [1.165, 1.54) is 25.7 Å². The molecule has 0 aliphatic rings. The van der Waals surface area contributed by atoms with Crippen molar-refractivity contribution >= 4 is 0 Å². The van der Waals surface area contributed by atoms with Gasteiger partial charge in [-0.2, -0.15) is 0 Å². The van der Waals surface area contributed by atoms with Crippen molar-refractivity contribution in [3.63, 3.8) is 0 Å². The SMILES string of the molecule is C=CCCC(C)(C)C(C)(C)CCCC. The number of hydrogen-bond acceptors (Lipinski definition) is 0. The number of hydrogen-bond donors (Lipinski definition) is 0. The van der Waals surface area contributed by atoms with E-state index in [4.69, 9.17) is 0 Å². The van der Waals surface area contributed by atoms with Crippen LogP contribution in [0.15, 0.2) is 12.7 Å². The molecule has 0 atom stereocenters. The molecule has 0 amide bonds. The van der Waals surface area contributed by atoms with Crippen molar-refractivity contribution < 1.29 is 0 Å². The molecule has 0 aromatic heterocycles. The van der Waals surface area contributed by atoms with Crippen LogP contribution in [0.2, 0.25) is 0 Å². The van der Waals surface area contributed by atoms with Gasteiger partial charge in [-0.05, 0) is 30.1 Å². The van der Waals surface area contributed by atoms with Gasteiger partial charge in [0.2, 0.25) is 0 Å². The highest BCUT2D eigenvalue weighted by atomic mass is 14.4.